The van der Waals surface area contributed by atoms with Crippen LogP contribution in [0.4, 0.5) is 4.79 Å². The molecule has 0 radical (unpaired) electrons. The van der Waals surface area contributed by atoms with Crippen LogP contribution in [0.1, 0.15) is 44.0 Å². The number of methoxy groups -OCH3 is 1. The minimum absolute atomic E-state index is 0.161. The van der Waals surface area contributed by atoms with Crippen molar-refractivity contribution >= 4 is 31.2 Å². The summed E-state index contributed by atoms with van der Waals surface area (Å²) in [5, 5.41) is 2.83. The topological polar surface area (TPSA) is 180 Å². The zero-order chi connectivity index (χ0) is 28.2. The Morgan fingerprint density at radius 1 is 1.37 bits per heavy atom. The lowest BCUT2D eigenvalue weighted by Gasteiger charge is -2.17. The molecule has 214 valence electrons. The normalized spacial score (nSPS) is 17.4. The number of rotatable bonds is 11. The summed E-state index contributed by atoms with van der Waals surface area (Å²) in [5.41, 5.74) is 12.0. The molecule has 1 saturated heterocycles. The van der Waals surface area contributed by atoms with E-state index in [1.165, 1.54) is 6.20 Å². The molecule has 1 aliphatic rings. The highest BCUT2D eigenvalue weighted by Gasteiger charge is 2.24. The molecular weight excluding hydrogens is 513 g/mol. The fourth-order valence-corrected chi connectivity index (χ4v) is 4.49. The van der Waals surface area contributed by atoms with Crippen LogP contribution in [0.5, 0.6) is 0 Å². The van der Waals surface area contributed by atoms with E-state index in [4.69, 9.17) is 25.4 Å². The number of carbonyl (C=O) groups is 2. The minimum atomic E-state index is -0.506. The van der Waals surface area contributed by atoms with Crippen LogP contribution in [-0.2, 0) is 20.9 Å². The van der Waals surface area contributed by atoms with Crippen LogP contribution >= 0.6 is 8.07 Å². The fourth-order valence-electron chi connectivity index (χ4n) is 3.86. The number of hydrogen-bond donors (Lipinski definition) is 4. The van der Waals surface area contributed by atoms with Crippen molar-refractivity contribution < 1.29 is 23.8 Å². The molecule has 0 saturated carbocycles. The van der Waals surface area contributed by atoms with Crippen LogP contribution in [0.2, 0.25) is 0 Å². The Morgan fingerprint density at radius 3 is 2.71 bits per heavy atom. The second-order valence-electron chi connectivity index (χ2n) is 9.59. The highest BCUT2D eigenvalue weighted by atomic mass is 31.1. The number of fused-ring (bicyclic) bond motifs is 1. The van der Waals surface area contributed by atoms with Gasteiger partial charge < -0.3 is 39.5 Å². The average molecular weight is 556 g/mol. The third kappa shape index (κ3) is 10.3. The van der Waals surface area contributed by atoms with Gasteiger partial charge in [0, 0.05) is 39.0 Å². The van der Waals surface area contributed by atoms with E-state index < -0.39 is 14.3 Å². The molecule has 38 heavy (non-hydrogen) atoms. The number of nitrogens with two attached hydrogens (primary N) is 2. The first kappa shape index (κ1) is 31.6. The molecule has 2 aromatic rings. The monoisotopic (exact) mass is 555 g/mol. The lowest BCUT2D eigenvalue weighted by atomic mass is 10.2. The maximum Gasteiger partial charge on any atom is 0.411 e. The molecular formula is C24H42N7O6P. The van der Waals surface area contributed by atoms with Crippen molar-refractivity contribution in [2.75, 3.05) is 46.2 Å². The van der Waals surface area contributed by atoms with Crippen molar-refractivity contribution in [1.29, 1.82) is 0 Å². The van der Waals surface area contributed by atoms with E-state index in [1.54, 1.807) is 29.7 Å². The standard InChI is InChI=1S/C16H26N5O4P.C8H16N2O2/c1-11(9-24-2)19-16(23)12-8-21(10-25-5-4-6-26(3)17)15-14(12)20-13(22)7-18-15;1-6-3-4-10(5-6)8(11)12-7(2)9/h7-8,11H,4-6,9-10,17H2,1-3H3,(H,19,23)(H,20,22);6-7H,3-5,9H2,1-2H3. The summed E-state index contributed by atoms with van der Waals surface area (Å²) in [6, 6.07) is -0.161. The summed E-state index contributed by atoms with van der Waals surface area (Å²) in [6.45, 7) is 10.4. The van der Waals surface area contributed by atoms with Gasteiger partial charge in [-0.05, 0) is 53.5 Å². The predicted octanol–water partition coefficient (Wildman–Crippen LogP) is 1.61. The van der Waals surface area contributed by atoms with Gasteiger partial charge in [-0.15, -0.1) is 0 Å². The molecule has 0 aliphatic carbocycles. The number of carbonyl (C=O) groups excluding carboxylic acids is 2. The van der Waals surface area contributed by atoms with Gasteiger partial charge in [0.2, 0.25) is 0 Å². The highest BCUT2D eigenvalue weighted by Crippen LogP contribution is 2.20. The lowest BCUT2D eigenvalue weighted by molar-refractivity contribution is 0.0781. The van der Waals surface area contributed by atoms with E-state index >= 15 is 0 Å². The van der Waals surface area contributed by atoms with Gasteiger partial charge in [0.1, 0.15) is 13.0 Å². The third-order valence-electron chi connectivity index (χ3n) is 5.64. The maximum atomic E-state index is 12.5. The van der Waals surface area contributed by atoms with Crippen LogP contribution in [0.25, 0.3) is 11.2 Å². The molecule has 1 aliphatic heterocycles. The Balaban J connectivity index is 0.000000352. The molecule has 3 rings (SSSR count). The molecule has 2 aromatic heterocycles. The second kappa shape index (κ2) is 15.7. The number of H-pyrrole nitrogens is 1. The average Bonchev–Trinajstić information content (AvgIpc) is 3.42. The Bertz CT molecular complexity index is 1090. The summed E-state index contributed by atoms with van der Waals surface area (Å²) in [4.78, 5) is 43.9. The summed E-state index contributed by atoms with van der Waals surface area (Å²) in [5.74, 6) is 0.285. The van der Waals surface area contributed by atoms with Gasteiger partial charge >= 0.3 is 6.09 Å². The van der Waals surface area contributed by atoms with E-state index in [1.807, 2.05) is 13.6 Å². The van der Waals surface area contributed by atoms with E-state index in [2.05, 4.69) is 22.2 Å². The van der Waals surface area contributed by atoms with Gasteiger partial charge in [0.15, 0.2) is 5.65 Å². The molecule has 0 spiro atoms. The SMILES string of the molecule is CC1CCN(C(=O)OC(C)N)C1.COCC(C)NC(=O)c1cn(COCCCP(C)N)c2ncc(=O)[nH]c12. The van der Waals surface area contributed by atoms with Crippen LogP contribution in [-0.4, -0.2) is 89.9 Å². The van der Waals surface area contributed by atoms with Crippen LogP contribution < -0.4 is 22.1 Å². The van der Waals surface area contributed by atoms with Crippen LogP contribution in [0, 0.1) is 5.92 Å². The summed E-state index contributed by atoms with van der Waals surface area (Å²) in [7, 11) is 1.15. The second-order valence-corrected chi connectivity index (χ2v) is 11.5. The Hall–Kier alpha value is -2.57. The summed E-state index contributed by atoms with van der Waals surface area (Å²) >= 11 is 0. The van der Waals surface area contributed by atoms with E-state index in [9.17, 15) is 14.4 Å². The van der Waals surface area contributed by atoms with E-state index in [0.717, 1.165) is 32.1 Å². The van der Waals surface area contributed by atoms with Gasteiger partial charge in [-0.25, -0.2) is 9.78 Å². The van der Waals surface area contributed by atoms with Crippen LogP contribution in [0.15, 0.2) is 17.2 Å². The first-order chi connectivity index (χ1) is 18.0. The maximum absolute atomic E-state index is 12.5. The molecule has 13 nitrogen and oxygen atoms in total. The Morgan fingerprint density at radius 2 is 2.11 bits per heavy atom. The number of aromatic amines is 1. The lowest BCUT2D eigenvalue weighted by Crippen LogP contribution is -2.35. The van der Waals surface area contributed by atoms with Crippen molar-refractivity contribution in [2.45, 2.75) is 52.6 Å². The van der Waals surface area contributed by atoms with E-state index in [0.29, 0.717) is 35.9 Å². The number of hydrogen-bond acceptors (Lipinski definition) is 9. The third-order valence-corrected chi connectivity index (χ3v) is 6.66. The molecule has 14 heteroatoms. The first-order valence-electron chi connectivity index (χ1n) is 12.6. The van der Waals surface area contributed by atoms with Crippen LogP contribution in [0.3, 0.4) is 0 Å². The number of amides is 2. The smallest absolute Gasteiger partial charge is 0.411 e. The van der Waals surface area contributed by atoms with Crippen molar-refractivity contribution in [2.24, 2.45) is 17.2 Å². The largest absolute Gasteiger partial charge is 0.431 e. The molecule has 3 heterocycles. The van der Waals surface area contributed by atoms with Crippen molar-refractivity contribution in [3.63, 3.8) is 0 Å². The van der Waals surface area contributed by atoms with Gasteiger partial charge in [-0.3, -0.25) is 15.3 Å². The number of aromatic nitrogens is 3. The first-order valence-corrected chi connectivity index (χ1v) is 14.7. The fraction of sp³-hybridized carbons (Fsp3) is 0.667. The number of nitrogens with one attached hydrogen (secondary N) is 2. The van der Waals surface area contributed by atoms with Crippen molar-refractivity contribution in [3.8, 4) is 0 Å². The molecule has 1 fully saturated rings. The zero-order valence-electron chi connectivity index (χ0n) is 22.9. The number of ether oxygens (including phenoxy) is 3. The van der Waals surface area contributed by atoms with Gasteiger partial charge in [-0.1, -0.05) is 6.92 Å². The molecule has 4 unspecified atom stereocenters. The molecule has 0 aromatic carbocycles. The molecule has 2 amide bonds. The van der Waals surface area contributed by atoms with E-state index in [-0.39, 0.29) is 30.3 Å². The quantitative estimate of drug-likeness (QED) is 0.182. The predicted molar refractivity (Wildman–Crippen MR) is 147 cm³/mol. The van der Waals surface area contributed by atoms with Crippen molar-refractivity contribution in [3.05, 3.63) is 28.3 Å². The van der Waals surface area contributed by atoms with Gasteiger partial charge in [0.05, 0.1) is 23.9 Å². The Kier molecular flexibility index (Phi) is 13.1. The highest BCUT2D eigenvalue weighted by molar-refractivity contribution is 7.54. The number of nitrogens with zero attached hydrogens (tertiary/aromatic N) is 3. The van der Waals surface area contributed by atoms with Gasteiger partial charge in [-0.2, -0.15) is 0 Å². The minimum Gasteiger partial charge on any atom is -0.431 e. The summed E-state index contributed by atoms with van der Waals surface area (Å²) in [6.07, 6.45) is 4.92. The molecule has 0 bridgehead atoms. The molecule has 6 N–H and O–H groups in total. The zero-order valence-corrected chi connectivity index (χ0v) is 23.8. The number of likely N-dealkylation sites (tertiary alicyclic amines) is 1. The van der Waals surface area contributed by atoms with Crippen molar-refractivity contribution in [1.82, 2.24) is 24.8 Å². The Labute approximate surface area is 224 Å². The van der Waals surface area contributed by atoms with Gasteiger partial charge in [0.25, 0.3) is 11.5 Å². The molecule has 4 atom stereocenters. The summed E-state index contributed by atoms with van der Waals surface area (Å²) < 4.78 is 17.2.